The lowest BCUT2D eigenvalue weighted by Crippen LogP contribution is -2.58. The molecule has 0 radical (unpaired) electrons. The second-order valence-electron chi connectivity index (χ2n) is 6.84. The zero-order valence-electron chi connectivity index (χ0n) is 14.1. The molecule has 2 N–H and O–H groups in total. The summed E-state index contributed by atoms with van der Waals surface area (Å²) in [5, 5.41) is 10.9. The van der Waals surface area contributed by atoms with Crippen LogP contribution < -0.4 is 4.90 Å². The van der Waals surface area contributed by atoms with Gasteiger partial charge in [0.2, 0.25) is 0 Å². The highest BCUT2D eigenvalue weighted by atomic mass is 16.4. The summed E-state index contributed by atoms with van der Waals surface area (Å²) in [5.74, 6) is -1.22. The van der Waals surface area contributed by atoms with E-state index in [4.69, 9.17) is 0 Å². The van der Waals surface area contributed by atoms with Crippen LogP contribution in [0.3, 0.4) is 0 Å². The molecule has 3 aromatic rings. The van der Waals surface area contributed by atoms with E-state index >= 15 is 0 Å². The molecule has 2 aliphatic heterocycles. The summed E-state index contributed by atoms with van der Waals surface area (Å²) in [7, 11) is 1.91. The van der Waals surface area contributed by atoms with Gasteiger partial charge in [0.25, 0.3) is 5.91 Å². The van der Waals surface area contributed by atoms with E-state index in [1.807, 2.05) is 48.3 Å². The second-order valence-corrected chi connectivity index (χ2v) is 6.84. The van der Waals surface area contributed by atoms with Gasteiger partial charge < -0.3 is 15.0 Å². The number of rotatable bonds is 1. The number of benzene rings is 2. The van der Waals surface area contributed by atoms with Crippen molar-refractivity contribution in [1.82, 2.24) is 9.88 Å². The normalized spacial score (nSPS) is 21.3. The van der Waals surface area contributed by atoms with Crippen molar-refractivity contribution in [2.45, 2.75) is 18.6 Å². The molecule has 0 spiro atoms. The van der Waals surface area contributed by atoms with Crippen LogP contribution in [0, 0.1) is 0 Å². The molecule has 6 heteroatoms. The van der Waals surface area contributed by atoms with Gasteiger partial charge >= 0.3 is 5.97 Å². The standard InChI is InChI=1S/C20H17N3O3/c1-22-15-9-5-3-7-12(15)19(24)23-16(20(25)26)10-13-11-6-2-4-8-14(11)21-17(13)18(22)23/h2-9,16,18,21H,10H2,1H3,(H,25,26)/t16-,18?/m0/s1. The van der Waals surface area contributed by atoms with E-state index in [2.05, 4.69) is 4.98 Å². The van der Waals surface area contributed by atoms with Gasteiger partial charge in [0.05, 0.1) is 16.9 Å². The van der Waals surface area contributed by atoms with Crippen LogP contribution in [0.5, 0.6) is 0 Å². The number of anilines is 1. The molecule has 1 aromatic heterocycles. The van der Waals surface area contributed by atoms with Crippen LogP contribution in [0.15, 0.2) is 48.5 Å². The predicted octanol–water partition coefficient (Wildman–Crippen LogP) is 2.77. The Kier molecular flexibility index (Phi) is 2.95. The lowest BCUT2D eigenvalue weighted by atomic mass is 9.91. The zero-order valence-corrected chi connectivity index (χ0v) is 14.1. The molecule has 3 heterocycles. The van der Waals surface area contributed by atoms with Gasteiger partial charge in [0.15, 0.2) is 0 Å². The van der Waals surface area contributed by atoms with Gasteiger partial charge in [0, 0.05) is 24.4 Å². The van der Waals surface area contributed by atoms with Crippen LogP contribution in [0.1, 0.15) is 27.8 Å². The third kappa shape index (κ3) is 1.81. The highest BCUT2D eigenvalue weighted by Gasteiger charge is 2.48. The minimum Gasteiger partial charge on any atom is -0.480 e. The molecule has 0 fully saturated rings. The molecule has 2 aromatic carbocycles. The first-order chi connectivity index (χ1) is 12.6. The number of carbonyl (C=O) groups excluding carboxylic acids is 1. The number of hydrogen-bond donors (Lipinski definition) is 2. The van der Waals surface area contributed by atoms with Gasteiger partial charge in [0.1, 0.15) is 12.2 Å². The molecule has 26 heavy (non-hydrogen) atoms. The molecule has 1 unspecified atom stereocenters. The fourth-order valence-corrected chi connectivity index (χ4v) is 4.33. The number of carbonyl (C=O) groups is 2. The first-order valence-corrected chi connectivity index (χ1v) is 8.54. The van der Waals surface area contributed by atoms with Crippen LogP contribution in [-0.4, -0.2) is 40.0 Å². The molecular weight excluding hydrogens is 330 g/mol. The first kappa shape index (κ1) is 15.0. The van der Waals surface area contributed by atoms with Crippen molar-refractivity contribution in [3.63, 3.8) is 0 Å². The van der Waals surface area contributed by atoms with Gasteiger partial charge in [-0.1, -0.05) is 30.3 Å². The maximum Gasteiger partial charge on any atom is 0.326 e. The second kappa shape index (κ2) is 5.11. The lowest BCUT2D eigenvalue weighted by molar-refractivity contribution is -0.143. The van der Waals surface area contributed by atoms with Crippen LogP contribution in [0.2, 0.25) is 0 Å². The van der Waals surface area contributed by atoms with E-state index in [0.29, 0.717) is 12.0 Å². The van der Waals surface area contributed by atoms with Gasteiger partial charge in [-0.2, -0.15) is 0 Å². The zero-order chi connectivity index (χ0) is 18.0. The van der Waals surface area contributed by atoms with E-state index in [-0.39, 0.29) is 5.91 Å². The molecular formula is C20H17N3O3. The van der Waals surface area contributed by atoms with E-state index in [1.165, 1.54) is 4.90 Å². The largest absolute Gasteiger partial charge is 0.480 e. The van der Waals surface area contributed by atoms with E-state index in [9.17, 15) is 14.7 Å². The van der Waals surface area contributed by atoms with Gasteiger partial charge in [-0.3, -0.25) is 9.69 Å². The fraction of sp³-hybridized carbons (Fsp3) is 0.200. The molecule has 2 atom stereocenters. The van der Waals surface area contributed by atoms with Crippen molar-refractivity contribution in [3.8, 4) is 0 Å². The summed E-state index contributed by atoms with van der Waals surface area (Å²) in [4.78, 5) is 32.1. The predicted molar refractivity (Wildman–Crippen MR) is 97.2 cm³/mol. The molecule has 130 valence electrons. The summed E-state index contributed by atoms with van der Waals surface area (Å²) >= 11 is 0. The Morgan fingerprint density at radius 3 is 2.69 bits per heavy atom. The van der Waals surface area contributed by atoms with Crippen LogP contribution in [0.25, 0.3) is 10.9 Å². The van der Waals surface area contributed by atoms with E-state index in [1.54, 1.807) is 12.1 Å². The van der Waals surface area contributed by atoms with Crippen LogP contribution >= 0.6 is 0 Å². The Labute approximate surface area is 149 Å². The summed E-state index contributed by atoms with van der Waals surface area (Å²) in [6.45, 7) is 0. The summed E-state index contributed by atoms with van der Waals surface area (Å²) in [5.41, 5.74) is 4.19. The van der Waals surface area contributed by atoms with Crippen molar-refractivity contribution >= 4 is 28.5 Å². The topological polar surface area (TPSA) is 76.6 Å². The number of aromatic nitrogens is 1. The number of hydrogen-bond acceptors (Lipinski definition) is 3. The molecule has 0 saturated heterocycles. The monoisotopic (exact) mass is 347 g/mol. The van der Waals surface area contributed by atoms with Gasteiger partial charge in [-0.05, 0) is 23.8 Å². The van der Waals surface area contributed by atoms with Crippen molar-refractivity contribution < 1.29 is 14.7 Å². The number of carboxylic acids is 1. The number of nitrogens with zero attached hydrogens (tertiary/aromatic N) is 2. The summed E-state index contributed by atoms with van der Waals surface area (Å²) in [6.07, 6.45) is -0.165. The molecule has 0 bridgehead atoms. The minimum atomic E-state index is -0.980. The Bertz CT molecular complexity index is 1070. The number of para-hydroxylation sites is 2. The molecule has 1 amide bonds. The highest BCUT2D eigenvalue weighted by Crippen LogP contribution is 2.44. The van der Waals surface area contributed by atoms with E-state index in [0.717, 1.165) is 27.8 Å². The maximum atomic E-state index is 13.2. The average Bonchev–Trinajstić information content (AvgIpc) is 3.03. The smallest absolute Gasteiger partial charge is 0.326 e. The van der Waals surface area contributed by atoms with Gasteiger partial charge in [-0.15, -0.1) is 0 Å². The van der Waals surface area contributed by atoms with Crippen LogP contribution in [-0.2, 0) is 11.2 Å². The number of H-pyrrole nitrogens is 1. The molecule has 0 saturated carbocycles. The quantitative estimate of drug-likeness (QED) is 0.710. The third-order valence-electron chi connectivity index (χ3n) is 5.50. The number of fused-ring (bicyclic) bond motifs is 6. The minimum absolute atomic E-state index is 0.236. The third-order valence-corrected chi connectivity index (χ3v) is 5.50. The summed E-state index contributed by atoms with van der Waals surface area (Å²) in [6, 6.07) is 14.3. The highest BCUT2D eigenvalue weighted by molar-refractivity contribution is 6.04. The fourth-order valence-electron chi connectivity index (χ4n) is 4.33. The summed E-state index contributed by atoms with van der Waals surface area (Å²) < 4.78 is 0. The number of amides is 1. The number of aliphatic carboxylic acids is 1. The Morgan fingerprint density at radius 2 is 1.88 bits per heavy atom. The Balaban J connectivity index is 1.80. The lowest BCUT2D eigenvalue weighted by Gasteiger charge is -2.48. The maximum absolute atomic E-state index is 13.2. The Morgan fingerprint density at radius 1 is 1.15 bits per heavy atom. The number of aromatic amines is 1. The number of nitrogens with one attached hydrogen (secondary N) is 1. The average molecular weight is 347 g/mol. The Hall–Kier alpha value is -3.28. The molecule has 0 aliphatic carbocycles. The SMILES string of the molecule is CN1c2ccccc2C(=O)N2C1c1[nH]c3ccccc3c1C[C@H]2C(=O)O. The van der Waals surface area contributed by atoms with Crippen LogP contribution in [0.4, 0.5) is 5.69 Å². The molecule has 2 aliphatic rings. The van der Waals surface area contributed by atoms with Crippen molar-refractivity contribution in [3.05, 3.63) is 65.4 Å². The van der Waals surface area contributed by atoms with Crippen molar-refractivity contribution in [2.24, 2.45) is 0 Å². The number of carboxylic acid groups (broad SMARTS) is 1. The molecule has 5 rings (SSSR count). The first-order valence-electron chi connectivity index (χ1n) is 8.54. The van der Waals surface area contributed by atoms with Gasteiger partial charge in [-0.25, -0.2) is 4.79 Å². The molecule has 6 nitrogen and oxygen atoms in total. The van der Waals surface area contributed by atoms with Crippen molar-refractivity contribution in [1.29, 1.82) is 0 Å². The van der Waals surface area contributed by atoms with E-state index < -0.39 is 18.2 Å². The van der Waals surface area contributed by atoms with Crippen molar-refractivity contribution in [2.75, 3.05) is 11.9 Å².